The van der Waals surface area contributed by atoms with Gasteiger partial charge in [-0.1, -0.05) is 52.5 Å². The van der Waals surface area contributed by atoms with Gasteiger partial charge >= 0.3 is 0 Å². The highest BCUT2D eigenvalue weighted by atomic mass is 32.2. The van der Waals surface area contributed by atoms with Crippen LogP contribution in [-0.4, -0.2) is 90.0 Å². The van der Waals surface area contributed by atoms with Crippen molar-refractivity contribution in [2.24, 2.45) is 5.41 Å². The molecule has 2 saturated heterocycles. The minimum Gasteiger partial charge on any atom is -0.483 e. The summed E-state index contributed by atoms with van der Waals surface area (Å²) in [7, 11) is -2.25. The summed E-state index contributed by atoms with van der Waals surface area (Å²) in [6.45, 7) is 34.0. The second-order valence-electron chi connectivity index (χ2n) is 15.5. The van der Waals surface area contributed by atoms with E-state index in [4.69, 9.17) is 4.74 Å². The highest BCUT2D eigenvalue weighted by molar-refractivity contribution is 8.00. The number of fused-ring (bicyclic) bond motifs is 1. The van der Waals surface area contributed by atoms with Gasteiger partial charge in [0, 0.05) is 77.5 Å². The van der Waals surface area contributed by atoms with Crippen LogP contribution in [0.3, 0.4) is 0 Å². The van der Waals surface area contributed by atoms with Crippen molar-refractivity contribution in [2.75, 3.05) is 49.2 Å². The average molecular weight is 611 g/mol. The molecule has 0 atom stereocenters. The van der Waals surface area contributed by atoms with E-state index in [9.17, 15) is 8.42 Å². The normalized spacial score (nSPS) is 21.4. The van der Waals surface area contributed by atoms with Crippen LogP contribution in [0, 0.1) is 5.41 Å². The van der Waals surface area contributed by atoms with Crippen molar-refractivity contribution in [2.45, 2.75) is 106 Å². The van der Waals surface area contributed by atoms with Crippen molar-refractivity contribution < 1.29 is 13.2 Å². The lowest BCUT2D eigenvalue weighted by molar-refractivity contribution is 0.134. The SMILES string of the molecule is C=C1Cc2ccccc2OC1(C)C.C=S1(=O)CCN(C(C)(C)C)CC1.CC(C)(C)C.CC(C)(C)N1CCS(=O)CC1. The maximum absolute atomic E-state index is 11.5. The van der Waals surface area contributed by atoms with Crippen LogP contribution in [0.4, 0.5) is 0 Å². The summed E-state index contributed by atoms with van der Waals surface area (Å²) in [4.78, 5) is 4.77. The molecule has 238 valence electrons. The van der Waals surface area contributed by atoms with Gasteiger partial charge in [0.25, 0.3) is 0 Å². The highest BCUT2D eigenvalue weighted by Crippen LogP contribution is 2.35. The van der Waals surface area contributed by atoms with Crippen molar-refractivity contribution in [3.63, 3.8) is 0 Å². The molecule has 41 heavy (non-hydrogen) atoms. The Hall–Kier alpha value is -1.15. The topological polar surface area (TPSA) is 49.9 Å². The van der Waals surface area contributed by atoms with E-state index in [0.717, 1.165) is 66.9 Å². The van der Waals surface area contributed by atoms with E-state index < -0.39 is 20.3 Å². The Bertz CT molecular complexity index is 1070. The Labute approximate surface area is 257 Å². The molecule has 0 spiro atoms. The van der Waals surface area contributed by atoms with Crippen molar-refractivity contribution in [3.05, 3.63) is 42.0 Å². The van der Waals surface area contributed by atoms with Crippen LogP contribution in [0.25, 0.3) is 0 Å². The third-order valence-electron chi connectivity index (χ3n) is 7.13. The molecule has 3 aliphatic rings. The third kappa shape index (κ3) is 15.2. The van der Waals surface area contributed by atoms with Crippen molar-refractivity contribution in [1.82, 2.24) is 9.80 Å². The number of rotatable bonds is 0. The number of hydrogen-bond acceptors (Lipinski definition) is 5. The molecule has 0 N–H and O–H groups in total. The average Bonchev–Trinajstić information content (AvgIpc) is 2.78. The summed E-state index contributed by atoms with van der Waals surface area (Å²) < 4.78 is 28.4. The summed E-state index contributed by atoms with van der Waals surface area (Å²) in [6.07, 6.45) is 0.934. The summed E-state index contributed by atoms with van der Waals surface area (Å²) >= 11 is 0. The van der Waals surface area contributed by atoms with Gasteiger partial charge in [0.05, 0.1) is 0 Å². The van der Waals surface area contributed by atoms with Crippen molar-refractivity contribution >= 4 is 26.2 Å². The van der Waals surface area contributed by atoms with Crippen LogP contribution in [0.1, 0.15) is 88.6 Å². The molecule has 0 amide bonds. The minimum absolute atomic E-state index is 0.214. The molecule has 0 aromatic heterocycles. The van der Waals surface area contributed by atoms with Gasteiger partial charge in [0.2, 0.25) is 0 Å². The van der Waals surface area contributed by atoms with E-state index in [2.05, 4.69) is 111 Å². The van der Waals surface area contributed by atoms with Crippen LogP contribution < -0.4 is 4.74 Å². The zero-order valence-electron chi connectivity index (χ0n) is 28.5. The van der Waals surface area contributed by atoms with Gasteiger partial charge in [-0.05, 0) is 93.4 Å². The van der Waals surface area contributed by atoms with Crippen LogP contribution in [0.2, 0.25) is 0 Å². The number of hydrogen-bond donors (Lipinski definition) is 0. The fourth-order valence-electron chi connectivity index (χ4n) is 4.29. The predicted molar refractivity (Wildman–Crippen MR) is 185 cm³/mol. The zero-order valence-corrected chi connectivity index (χ0v) is 30.2. The Morgan fingerprint density at radius 2 is 1.24 bits per heavy atom. The number of para-hydroxylation sites is 1. The standard InChI is InChI=1S/C12H14O.C9H19NOS.C8H17NOS.C5H12/c1-9-8-10-6-4-5-7-11(10)13-12(9,2)3;1-9(2,3)10-5-7-12(4,11)8-6-10;1-8(2,3)9-4-6-11(10)7-5-9;1-5(2,3)4/h4-7H,1,8H2,2-3H3;4-8H2,1-3H3;4-7H2,1-3H3;1-4H3. The quantitative estimate of drug-likeness (QED) is 0.242. The van der Waals surface area contributed by atoms with Gasteiger partial charge in [-0.25, -0.2) is 0 Å². The second kappa shape index (κ2) is 15.0. The predicted octanol–water partition coefficient (Wildman–Crippen LogP) is 6.67. The molecule has 0 radical (unpaired) electrons. The Morgan fingerprint density at radius 3 is 1.68 bits per heavy atom. The molecule has 0 bridgehead atoms. The van der Waals surface area contributed by atoms with Crippen LogP contribution in [0.15, 0.2) is 36.4 Å². The van der Waals surface area contributed by atoms with Gasteiger partial charge in [-0.15, -0.1) is 0 Å². The summed E-state index contributed by atoms with van der Waals surface area (Å²) in [5.41, 5.74) is 3.15. The van der Waals surface area contributed by atoms with Crippen LogP contribution in [0.5, 0.6) is 5.75 Å². The maximum atomic E-state index is 11.5. The molecule has 2 fully saturated rings. The fourth-order valence-corrected chi connectivity index (χ4v) is 6.65. The van der Waals surface area contributed by atoms with Crippen molar-refractivity contribution in [3.8, 4) is 5.75 Å². The number of benzene rings is 1. The molecule has 1 aromatic rings. The Kier molecular flexibility index (Phi) is 13.9. The lowest BCUT2D eigenvalue weighted by Crippen LogP contribution is -2.49. The Balaban J connectivity index is 0.000000285. The first-order valence-corrected chi connectivity index (χ1v) is 18.6. The molecule has 4 rings (SSSR count). The molecule has 0 saturated carbocycles. The lowest BCUT2D eigenvalue weighted by atomic mass is 9.90. The first-order valence-electron chi connectivity index (χ1n) is 15.0. The second-order valence-corrected chi connectivity index (χ2v) is 20.0. The van der Waals surface area contributed by atoms with Gasteiger partial charge in [0.15, 0.2) is 0 Å². The van der Waals surface area contributed by atoms with E-state index in [-0.39, 0.29) is 16.7 Å². The minimum atomic E-state index is -1.72. The summed E-state index contributed by atoms with van der Waals surface area (Å²) in [5, 5.41) is 0. The van der Waals surface area contributed by atoms with E-state index in [1.807, 2.05) is 18.2 Å². The summed E-state index contributed by atoms with van der Waals surface area (Å²) in [6, 6.07) is 8.15. The molecular weight excluding hydrogens is 549 g/mol. The molecule has 1 aromatic carbocycles. The fraction of sp³-hybridized carbons (Fsp3) is 0.735. The zero-order chi connectivity index (χ0) is 31.9. The van der Waals surface area contributed by atoms with Gasteiger partial charge < -0.3 is 4.74 Å². The maximum Gasteiger partial charge on any atom is 0.124 e. The van der Waals surface area contributed by atoms with Gasteiger partial charge in [0.1, 0.15) is 11.4 Å². The van der Waals surface area contributed by atoms with E-state index in [0.29, 0.717) is 5.41 Å². The monoisotopic (exact) mass is 610 g/mol. The van der Waals surface area contributed by atoms with Crippen molar-refractivity contribution in [1.29, 1.82) is 0 Å². The van der Waals surface area contributed by atoms with E-state index >= 15 is 0 Å². The first-order chi connectivity index (χ1) is 18.4. The number of nitrogens with zero attached hydrogens (tertiary/aromatic N) is 2. The molecular formula is C34H62N2O3S2. The molecule has 7 heteroatoms. The van der Waals surface area contributed by atoms with Crippen LogP contribution in [-0.2, 0) is 26.7 Å². The largest absolute Gasteiger partial charge is 0.483 e. The molecule has 3 aliphatic heterocycles. The first kappa shape index (κ1) is 37.9. The molecule has 0 unspecified atom stereocenters. The molecule has 3 heterocycles. The van der Waals surface area contributed by atoms with Gasteiger partial charge in [-0.2, -0.15) is 0 Å². The smallest absolute Gasteiger partial charge is 0.124 e. The lowest BCUT2D eigenvalue weighted by Gasteiger charge is -2.39. The third-order valence-corrected chi connectivity index (χ3v) is 10.3. The molecule has 5 nitrogen and oxygen atoms in total. The van der Waals surface area contributed by atoms with Gasteiger partial charge in [-0.3, -0.25) is 18.2 Å². The Morgan fingerprint density at radius 1 is 0.829 bits per heavy atom. The van der Waals surface area contributed by atoms with Crippen LogP contribution >= 0.6 is 0 Å². The summed E-state index contributed by atoms with van der Waals surface area (Å²) in [5.74, 6) is 8.00. The van der Waals surface area contributed by atoms with E-state index in [1.54, 1.807) is 0 Å². The highest BCUT2D eigenvalue weighted by Gasteiger charge is 2.30. The molecule has 0 aliphatic carbocycles. The number of ether oxygens (including phenoxy) is 1. The van der Waals surface area contributed by atoms with E-state index in [1.165, 1.54) is 5.56 Å².